The third-order valence-corrected chi connectivity index (χ3v) is 6.51. The molecule has 0 bridgehead atoms. The van der Waals surface area contributed by atoms with Crippen LogP contribution in [0.2, 0.25) is 0 Å². The molecule has 1 saturated heterocycles. The van der Waals surface area contributed by atoms with Crippen LogP contribution in [0, 0.1) is 6.92 Å². The maximum Gasteiger partial charge on any atom is 0.416 e. The zero-order valence-electron chi connectivity index (χ0n) is 19.8. The topological polar surface area (TPSA) is 104 Å². The number of benzene rings is 1. The van der Waals surface area contributed by atoms with Crippen molar-refractivity contribution < 1.29 is 22.7 Å². The monoisotopic (exact) mass is 521 g/mol. The second-order valence-electron chi connectivity index (χ2n) is 8.07. The van der Waals surface area contributed by atoms with Gasteiger partial charge in [0.2, 0.25) is 5.95 Å². The molecule has 1 fully saturated rings. The molecule has 0 saturated carbocycles. The molecule has 1 aromatic carbocycles. The molecule has 3 N–H and O–H groups in total. The predicted molar refractivity (Wildman–Crippen MR) is 132 cm³/mol. The average Bonchev–Trinajstić information content (AvgIpc) is 3.20. The standard InChI is InChI=1S/C23H26F3N7O2S/c1-3-27-20-28-7-6-18(31-20)19-14(2)29-22(36-19)32-21(34)30-16-5-4-15(17(12-16)23(24,25)26)13-33-8-10-35-11-9-33/h4-7,12H,3,8-11,13H2,1-2H3,(H,27,28,31)(H2,29,30,32,34). The number of rotatable bonds is 7. The van der Waals surface area contributed by atoms with E-state index in [9.17, 15) is 18.0 Å². The zero-order chi connectivity index (χ0) is 25.7. The summed E-state index contributed by atoms with van der Waals surface area (Å²) in [6.45, 7) is 6.67. The second-order valence-corrected chi connectivity index (χ2v) is 9.07. The molecule has 3 aromatic rings. The molecule has 1 aliphatic rings. The van der Waals surface area contributed by atoms with Crippen LogP contribution in [-0.4, -0.2) is 58.7 Å². The molecule has 0 unspecified atom stereocenters. The van der Waals surface area contributed by atoms with E-state index in [4.69, 9.17) is 4.74 Å². The summed E-state index contributed by atoms with van der Waals surface area (Å²) in [6.07, 6.45) is -2.93. The maximum absolute atomic E-state index is 13.8. The van der Waals surface area contributed by atoms with Crippen molar-refractivity contribution in [1.29, 1.82) is 0 Å². The molecular formula is C23H26F3N7O2S. The number of aryl methyl sites for hydroxylation is 1. The number of thiazole rings is 1. The van der Waals surface area contributed by atoms with Crippen molar-refractivity contribution in [2.75, 3.05) is 48.8 Å². The Labute approximate surface area is 210 Å². The van der Waals surface area contributed by atoms with Crippen LogP contribution in [0.25, 0.3) is 10.6 Å². The van der Waals surface area contributed by atoms with E-state index in [1.54, 1.807) is 19.2 Å². The fourth-order valence-electron chi connectivity index (χ4n) is 3.73. The van der Waals surface area contributed by atoms with Crippen molar-refractivity contribution >= 4 is 34.1 Å². The van der Waals surface area contributed by atoms with Crippen LogP contribution in [0.15, 0.2) is 30.5 Å². The lowest BCUT2D eigenvalue weighted by molar-refractivity contribution is -0.138. The quantitative estimate of drug-likeness (QED) is 0.409. The normalized spacial score (nSPS) is 14.5. The van der Waals surface area contributed by atoms with E-state index in [2.05, 4.69) is 30.9 Å². The van der Waals surface area contributed by atoms with Crippen molar-refractivity contribution in [3.8, 4) is 10.6 Å². The third kappa shape index (κ3) is 6.47. The summed E-state index contributed by atoms with van der Waals surface area (Å²) >= 11 is 1.21. The molecule has 36 heavy (non-hydrogen) atoms. The van der Waals surface area contributed by atoms with Crippen molar-refractivity contribution in [3.05, 3.63) is 47.3 Å². The number of urea groups is 1. The van der Waals surface area contributed by atoms with Crippen LogP contribution in [0.1, 0.15) is 23.7 Å². The summed E-state index contributed by atoms with van der Waals surface area (Å²) in [4.78, 5) is 28.1. The van der Waals surface area contributed by atoms with E-state index >= 15 is 0 Å². The lowest BCUT2D eigenvalue weighted by Gasteiger charge is -2.27. The molecule has 13 heteroatoms. The Hall–Kier alpha value is -3.29. The van der Waals surface area contributed by atoms with Crippen LogP contribution in [0.5, 0.6) is 0 Å². The number of amides is 2. The smallest absolute Gasteiger partial charge is 0.379 e. The molecule has 0 atom stereocenters. The molecule has 192 valence electrons. The van der Waals surface area contributed by atoms with Gasteiger partial charge in [-0.3, -0.25) is 10.2 Å². The number of halogens is 3. The highest BCUT2D eigenvalue weighted by Gasteiger charge is 2.34. The summed E-state index contributed by atoms with van der Waals surface area (Å²) in [5, 5.41) is 8.40. The van der Waals surface area contributed by atoms with Gasteiger partial charge in [0.25, 0.3) is 0 Å². The van der Waals surface area contributed by atoms with Gasteiger partial charge in [-0.2, -0.15) is 13.2 Å². The van der Waals surface area contributed by atoms with Crippen LogP contribution >= 0.6 is 11.3 Å². The Morgan fingerprint density at radius 1 is 1.17 bits per heavy atom. The van der Waals surface area contributed by atoms with E-state index < -0.39 is 17.8 Å². The largest absolute Gasteiger partial charge is 0.416 e. The highest BCUT2D eigenvalue weighted by Crippen LogP contribution is 2.35. The Morgan fingerprint density at radius 3 is 2.67 bits per heavy atom. The summed E-state index contributed by atoms with van der Waals surface area (Å²) in [5.41, 5.74) is 0.709. The first kappa shape index (κ1) is 25.8. The molecule has 2 aromatic heterocycles. The van der Waals surface area contributed by atoms with Crippen molar-refractivity contribution in [1.82, 2.24) is 19.9 Å². The molecule has 0 spiro atoms. The SMILES string of the molecule is CCNc1nccc(-c2sc(NC(=O)Nc3ccc(CN4CCOCC4)c(C(F)(F)F)c3)nc2C)n1. The number of morpholine rings is 1. The number of carbonyl (C=O) groups excluding carboxylic acids is 1. The molecular weight excluding hydrogens is 495 g/mol. The Kier molecular flexibility index (Phi) is 8.01. The number of ether oxygens (including phenoxy) is 1. The predicted octanol–water partition coefficient (Wildman–Crippen LogP) is 4.84. The van der Waals surface area contributed by atoms with E-state index in [0.717, 1.165) is 10.9 Å². The van der Waals surface area contributed by atoms with E-state index in [-0.39, 0.29) is 17.8 Å². The van der Waals surface area contributed by atoms with Crippen LogP contribution < -0.4 is 16.0 Å². The van der Waals surface area contributed by atoms with Gasteiger partial charge in [0.15, 0.2) is 5.13 Å². The minimum atomic E-state index is -4.56. The first-order valence-corrected chi connectivity index (χ1v) is 12.2. The van der Waals surface area contributed by atoms with Gasteiger partial charge < -0.3 is 15.4 Å². The Morgan fingerprint density at radius 2 is 1.94 bits per heavy atom. The second kappa shape index (κ2) is 11.2. The third-order valence-electron chi connectivity index (χ3n) is 5.41. The van der Waals surface area contributed by atoms with Gasteiger partial charge in [-0.25, -0.2) is 19.7 Å². The van der Waals surface area contributed by atoms with Gasteiger partial charge >= 0.3 is 12.2 Å². The van der Waals surface area contributed by atoms with Crippen LogP contribution in [-0.2, 0) is 17.5 Å². The maximum atomic E-state index is 13.8. The molecule has 0 radical (unpaired) electrons. The minimum Gasteiger partial charge on any atom is -0.379 e. The molecule has 3 heterocycles. The van der Waals surface area contributed by atoms with Gasteiger partial charge in [-0.05, 0) is 37.6 Å². The van der Waals surface area contributed by atoms with Crippen molar-refractivity contribution in [2.45, 2.75) is 26.6 Å². The Balaban J connectivity index is 1.46. The van der Waals surface area contributed by atoms with Crippen LogP contribution in [0.4, 0.5) is 34.7 Å². The van der Waals surface area contributed by atoms with Gasteiger partial charge in [0.05, 0.1) is 35.0 Å². The minimum absolute atomic E-state index is 0.0325. The number of hydrogen-bond donors (Lipinski definition) is 3. The van der Waals surface area contributed by atoms with Crippen molar-refractivity contribution in [2.24, 2.45) is 0 Å². The van der Waals surface area contributed by atoms with E-state index in [0.29, 0.717) is 55.3 Å². The molecule has 2 amide bonds. The number of nitrogens with zero attached hydrogens (tertiary/aromatic N) is 4. The number of aromatic nitrogens is 3. The number of anilines is 3. The average molecular weight is 522 g/mol. The molecule has 4 rings (SSSR count). The number of carbonyl (C=O) groups is 1. The number of hydrogen-bond acceptors (Lipinski definition) is 8. The fraction of sp³-hybridized carbons (Fsp3) is 0.391. The summed E-state index contributed by atoms with van der Waals surface area (Å²) in [7, 11) is 0. The van der Waals surface area contributed by atoms with Crippen molar-refractivity contribution in [3.63, 3.8) is 0 Å². The molecule has 0 aliphatic carbocycles. The van der Waals surface area contributed by atoms with E-state index in [1.165, 1.54) is 23.5 Å². The lowest BCUT2D eigenvalue weighted by Crippen LogP contribution is -2.36. The summed E-state index contributed by atoms with van der Waals surface area (Å²) < 4.78 is 46.5. The summed E-state index contributed by atoms with van der Waals surface area (Å²) in [5.74, 6) is 0.479. The first-order valence-electron chi connectivity index (χ1n) is 11.4. The lowest BCUT2D eigenvalue weighted by atomic mass is 10.0. The highest BCUT2D eigenvalue weighted by atomic mass is 32.1. The first-order chi connectivity index (χ1) is 17.2. The number of nitrogens with one attached hydrogen (secondary N) is 3. The molecule has 9 nitrogen and oxygen atoms in total. The fourth-order valence-corrected chi connectivity index (χ4v) is 4.66. The van der Waals surface area contributed by atoms with Gasteiger partial charge in [-0.1, -0.05) is 17.4 Å². The zero-order valence-corrected chi connectivity index (χ0v) is 20.6. The van der Waals surface area contributed by atoms with Gasteiger partial charge in [0.1, 0.15) is 0 Å². The van der Waals surface area contributed by atoms with Gasteiger partial charge in [0, 0.05) is 38.1 Å². The Bertz CT molecular complexity index is 1210. The highest BCUT2D eigenvalue weighted by molar-refractivity contribution is 7.19. The van der Waals surface area contributed by atoms with E-state index in [1.807, 2.05) is 11.8 Å². The summed E-state index contributed by atoms with van der Waals surface area (Å²) in [6, 6.07) is 4.86. The van der Waals surface area contributed by atoms with Gasteiger partial charge in [-0.15, -0.1) is 0 Å². The molecule has 1 aliphatic heterocycles. The number of alkyl halides is 3. The van der Waals surface area contributed by atoms with Crippen LogP contribution in [0.3, 0.4) is 0 Å².